The molecule has 1 N–H and O–H groups in total. The molecule has 0 aliphatic rings. The molecule has 0 radical (unpaired) electrons. The molecule has 0 spiro atoms. The summed E-state index contributed by atoms with van der Waals surface area (Å²) in [6.45, 7) is 5.81. The van der Waals surface area contributed by atoms with E-state index in [1.54, 1.807) is 11.3 Å². The van der Waals surface area contributed by atoms with Crippen molar-refractivity contribution >= 4 is 21.4 Å². The minimum absolute atomic E-state index is 0.562. The fourth-order valence-corrected chi connectivity index (χ4v) is 2.49. The van der Waals surface area contributed by atoms with Crippen LogP contribution in [0.3, 0.4) is 0 Å². The van der Waals surface area contributed by atoms with E-state index in [1.165, 1.54) is 15.6 Å². The van der Waals surface area contributed by atoms with Gasteiger partial charge in [-0.2, -0.15) is 5.48 Å². The largest absolute Gasteiger partial charge is 0.301 e. The van der Waals surface area contributed by atoms with Crippen molar-refractivity contribution in [3.8, 4) is 0 Å². The lowest BCUT2D eigenvalue weighted by Gasteiger charge is -2.07. The quantitative estimate of drug-likeness (QED) is 0.632. The van der Waals surface area contributed by atoms with Crippen molar-refractivity contribution in [2.24, 2.45) is 5.92 Å². The topological polar surface area (TPSA) is 21.3 Å². The molecule has 1 heterocycles. The molecule has 0 unspecified atom stereocenters. The lowest BCUT2D eigenvalue weighted by Crippen LogP contribution is -2.17. The van der Waals surface area contributed by atoms with Gasteiger partial charge in [-0.15, -0.1) is 11.3 Å². The fraction of sp³-hybridized carbons (Fsp3) is 0.385. The molecule has 2 aromatic rings. The van der Waals surface area contributed by atoms with Crippen LogP contribution in [0.2, 0.25) is 0 Å². The number of benzene rings is 1. The molecule has 0 bridgehead atoms. The van der Waals surface area contributed by atoms with Crippen molar-refractivity contribution in [2.75, 3.05) is 6.61 Å². The Morgan fingerprint density at radius 3 is 2.94 bits per heavy atom. The van der Waals surface area contributed by atoms with E-state index in [-0.39, 0.29) is 0 Å². The van der Waals surface area contributed by atoms with E-state index in [4.69, 9.17) is 4.84 Å². The standard InChI is InChI=1S/C13H17NOS/c1-10(2)8-15-14-7-11-9-16-13-6-4-3-5-12(11)13/h3-6,9-10,14H,7-8H2,1-2H3. The third kappa shape index (κ3) is 2.82. The minimum atomic E-state index is 0.562. The van der Waals surface area contributed by atoms with Crippen LogP contribution >= 0.6 is 11.3 Å². The maximum absolute atomic E-state index is 5.37. The van der Waals surface area contributed by atoms with Crippen LogP contribution in [0.4, 0.5) is 0 Å². The molecule has 1 aromatic carbocycles. The summed E-state index contributed by atoms with van der Waals surface area (Å²) in [5.41, 5.74) is 4.33. The molecular formula is C13H17NOS. The lowest BCUT2D eigenvalue weighted by atomic mass is 10.2. The Morgan fingerprint density at radius 1 is 1.31 bits per heavy atom. The molecule has 0 saturated heterocycles. The first kappa shape index (κ1) is 11.6. The Hall–Kier alpha value is -0.900. The third-order valence-electron chi connectivity index (χ3n) is 2.34. The average Bonchev–Trinajstić information content (AvgIpc) is 2.68. The molecule has 0 saturated carbocycles. The van der Waals surface area contributed by atoms with Crippen molar-refractivity contribution in [3.05, 3.63) is 35.2 Å². The van der Waals surface area contributed by atoms with Crippen LogP contribution in [-0.4, -0.2) is 6.61 Å². The van der Waals surface area contributed by atoms with E-state index in [0.29, 0.717) is 5.92 Å². The Bertz CT molecular complexity index is 450. The zero-order valence-corrected chi connectivity index (χ0v) is 10.5. The lowest BCUT2D eigenvalue weighted by molar-refractivity contribution is 0.0199. The maximum atomic E-state index is 5.37. The number of rotatable bonds is 5. The molecule has 0 atom stereocenters. The molecule has 2 rings (SSSR count). The Labute approximate surface area is 100 Å². The molecule has 0 fully saturated rings. The number of thiophene rings is 1. The number of fused-ring (bicyclic) bond motifs is 1. The van der Waals surface area contributed by atoms with E-state index in [2.05, 4.69) is 49.0 Å². The number of hydrogen-bond donors (Lipinski definition) is 1. The van der Waals surface area contributed by atoms with Gasteiger partial charge in [-0.25, -0.2) is 0 Å². The van der Waals surface area contributed by atoms with Gasteiger partial charge in [0.2, 0.25) is 0 Å². The van der Waals surface area contributed by atoms with Crippen LogP contribution in [0.1, 0.15) is 19.4 Å². The van der Waals surface area contributed by atoms with Crippen molar-refractivity contribution in [1.82, 2.24) is 5.48 Å². The molecule has 0 aliphatic heterocycles. The normalized spacial score (nSPS) is 11.4. The van der Waals surface area contributed by atoms with E-state index in [1.807, 2.05) is 0 Å². The molecular weight excluding hydrogens is 218 g/mol. The second kappa shape index (κ2) is 5.43. The van der Waals surface area contributed by atoms with Crippen molar-refractivity contribution in [3.63, 3.8) is 0 Å². The zero-order chi connectivity index (χ0) is 11.4. The van der Waals surface area contributed by atoms with E-state index >= 15 is 0 Å². The Morgan fingerprint density at radius 2 is 2.12 bits per heavy atom. The summed E-state index contributed by atoms with van der Waals surface area (Å²) in [5, 5.41) is 3.52. The summed E-state index contributed by atoms with van der Waals surface area (Å²) in [4.78, 5) is 5.37. The number of hydroxylamine groups is 1. The summed E-state index contributed by atoms with van der Waals surface area (Å²) in [7, 11) is 0. The average molecular weight is 235 g/mol. The molecule has 86 valence electrons. The predicted molar refractivity (Wildman–Crippen MR) is 69.5 cm³/mol. The SMILES string of the molecule is CC(C)CONCc1csc2ccccc12. The highest BCUT2D eigenvalue weighted by atomic mass is 32.1. The summed E-state index contributed by atoms with van der Waals surface area (Å²) >= 11 is 1.78. The van der Waals surface area contributed by atoms with E-state index in [0.717, 1.165) is 13.2 Å². The molecule has 16 heavy (non-hydrogen) atoms. The first-order chi connectivity index (χ1) is 7.77. The molecule has 0 amide bonds. The van der Waals surface area contributed by atoms with Gasteiger partial charge in [-0.3, -0.25) is 0 Å². The van der Waals surface area contributed by atoms with Crippen LogP contribution in [0, 0.1) is 5.92 Å². The first-order valence-electron chi connectivity index (χ1n) is 5.57. The van der Waals surface area contributed by atoms with Gasteiger partial charge < -0.3 is 4.84 Å². The molecule has 0 aliphatic carbocycles. The Balaban J connectivity index is 1.94. The number of hydrogen-bond acceptors (Lipinski definition) is 3. The highest BCUT2D eigenvalue weighted by Gasteiger charge is 2.02. The van der Waals surface area contributed by atoms with Gasteiger partial charge in [0, 0.05) is 11.2 Å². The van der Waals surface area contributed by atoms with E-state index < -0.39 is 0 Å². The van der Waals surface area contributed by atoms with Gasteiger partial charge in [-0.05, 0) is 28.3 Å². The van der Waals surface area contributed by atoms with Crippen LogP contribution in [-0.2, 0) is 11.4 Å². The number of nitrogens with one attached hydrogen (secondary N) is 1. The highest BCUT2D eigenvalue weighted by molar-refractivity contribution is 7.17. The Kier molecular flexibility index (Phi) is 3.93. The predicted octanol–water partition coefficient (Wildman–Crippen LogP) is 3.58. The highest BCUT2D eigenvalue weighted by Crippen LogP contribution is 2.25. The molecule has 1 aromatic heterocycles. The van der Waals surface area contributed by atoms with Gasteiger partial charge in [0.1, 0.15) is 0 Å². The van der Waals surface area contributed by atoms with Crippen LogP contribution in [0.25, 0.3) is 10.1 Å². The van der Waals surface area contributed by atoms with Gasteiger partial charge >= 0.3 is 0 Å². The van der Waals surface area contributed by atoms with Crippen LogP contribution in [0.5, 0.6) is 0 Å². The van der Waals surface area contributed by atoms with E-state index in [9.17, 15) is 0 Å². The maximum Gasteiger partial charge on any atom is 0.0705 e. The third-order valence-corrected chi connectivity index (χ3v) is 3.35. The smallest absolute Gasteiger partial charge is 0.0705 e. The minimum Gasteiger partial charge on any atom is -0.301 e. The van der Waals surface area contributed by atoms with Gasteiger partial charge in [0.15, 0.2) is 0 Å². The van der Waals surface area contributed by atoms with Crippen LogP contribution < -0.4 is 5.48 Å². The van der Waals surface area contributed by atoms with Crippen molar-refractivity contribution in [2.45, 2.75) is 20.4 Å². The summed E-state index contributed by atoms with van der Waals surface area (Å²) < 4.78 is 1.34. The fourth-order valence-electron chi connectivity index (χ4n) is 1.52. The summed E-state index contributed by atoms with van der Waals surface area (Å²) in [6.07, 6.45) is 0. The summed E-state index contributed by atoms with van der Waals surface area (Å²) in [6, 6.07) is 8.46. The second-order valence-electron chi connectivity index (χ2n) is 4.28. The summed E-state index contributed by atoms with van der Waals surface area (Å²) in [5.74, 6) is 0.562. The zero-order valence-electron chi connectivity index (χ0n) is 9.69. The van der Waals surface area contributed by atoms with Crippen LogP contribution in [0.15, 0.2) is 29.6 Å². The second-order valence-corrected chi connectivity index (χ2v) is 5.19. The van der Waals surface area contributed by atoms with Crippen molar-refractivity contribution in [1.29, 1.82) is 0 Å². The van der Waals surface area contributed by atoms with Crippen molar-refractivity contribution < 1.29 is 4.84 Å². The van der Waals surface area contributed by atoms with Gasteiger partial charge in [0.05, 0.1) is 6.61 Å². The molecule has 2 nitrogen and oxygen atoms in total. The molecule has 3 heteroatoms. The first-order valence-corrected chi connectivity index (χ1v) is 6.45. The monoisotopic (exact) mass is 235 g/mol. The van der Waals surface area contributed by atoms with Gasteiger partial charge in [-0.1, -0.05) is 32.0 Å². The van der Waals surface area contributed by atoms with Gasteiger partial charge in [0.25, 0.3) is 0 Å².